The minimum Gasteiger partial charge on any atom is -0.310 e. The SMILES string of the molecule is CCCCCCC(NCCC)c1ccc(Cl)cc1Cl. The maximum atomic E-state index is 6.32. The van der Waals surface area contributed by atoms with Crippen LogP contribution in [0.1, 0.15) is 64.0 Å². The van der Waals surface area contributed by atoms with Gasteiger partial charge in [0.25, 0.3) is 0 Å². The van der Waals surface area contributed by atoms with Crippen LogP contribution < -0.4 is 5.32 Å². The lowest BCUT2D eigenvalue weighted by Gasteiger charge is -2.20. The highest BCUT2D eigenvalue weighted by molar-refractivity contribution is 6.35. The second kappa shape index (κ2) is 9.63. The summed E-state index contributed by atoms with van der Waals surface area (Å²) in [5.41, 5.74) is 1.18. The fraction of sp³-hybridized carbons (Fsp3) is 0.625. The standard InChI is InChI=1S/C16H25Cl2N/c1-3-5-6-7-8-16(19-11-4-2)14-10-9-13(17)12-15(14)18/h9-10,12,16,19H,3-8,11H2,1-2H3. The smallest absolute Gasteiger partial charge is 0.0468 e. The average Bonchev–Trinajstić information content (AvgIpc) is 2.39. The van der Waals surface area contributed by atoms with Gasteiger partial charge in [0, 0.05) is 16.1 Å². The van der Waals surface area contributed by atoms with Crippen LogP contribution in [0.4, 0.5) is 0 Å². The minimum absolute atomic E-state index is 0.349. The highest BCUT2D eigenvalue weighted by Crippen LogP contribution is 2.29. The van der Waals surface area contributed by atoms with E-state index in [4.69, 9.17) is 23.2 Å². The van der Waals surface area contributed by atoms with Crippen molar-refractivity contribution in [1.29, 1.82) is 0 Å². The van der Waals surface area contributed by atoms with Crippen LogP contribution in [0.5, 0.6) is 0 Å². The molecule has 1 nitrogen and oxygen atoms in total. The zero-order valence-electron chi connectivity index (χ0n) is 12.0. The maximum absolute atomic E-state index is 6.32. The molecule has 3 heteroatoms. The summed E-state index contributed by atoms with van der Waals surface area (Å²) in [4.78, 5) is 0. The van der Waals surface area contributed by atoms with Crippen molar-refractivity contribution in [1.82, 2.24) is 5.32 Å². The van der Waals surface area contributed by atoms with E-state index in [9.17, 15) is 0 Å². The summed E-state index contributed by atoms with van der Waals surface area (Å²) < 4.78 is 0. The van der Waals surface area contributed by atoms with Crippen molar-refractivity contribution in [2.24, 2.45) is 0 Å². The lowest BCUT2D eigenvalue weighted by molar-refractivity contribution is 0.470. The zero-order chi connectivity index (χ0) is 14.1. The number of nitrogens with one attached hydrogen (secondary N) is 1. The molecule has 1 N–H and O–H groups in total. The maximum Gasteiger partial charge on any atom is 0.0468 e. The molecular formula is C16H25Cl2N. The lowest BCUT2D eigenvalue weighted by atomic mass is 9.99. The number of rotatable bonds is 9. The summed E-state index contributed by atoms with van der Waals surface area (Å²) in [6, 6.07) is 6.17. The zero-order valence-corrected chi connectivity index (χ0v) is 13.5. The monoisotopic (exact) mass is 301 g/mol. The van der Waals surface area contributed by atoms with E-state index in [1.54, 1.807) is 0 Å². The van der Waals surface area contributed by atoms with Gasteiger partial charge in [0.15, 0.2) is 0 Å². The third kappa shape index (κ3) is 6.16. The van der Waals surface area contributed by atoms with Crippen molar-refractivity contribution in [3.05, 3.63) is 33.8 Å². The van der Waals surface area contributed by atoms with E-state index < -0.39 is 0 Å². The fourth-order valence-corrected chi connectivity index (χ4v) is 2.79. The molecule has 1 atom stereocenters. The van der Waals surface area contributed by atoms with Gasteiger partial charge in [0.1, 0.15) is 0 Å². The van der Waals surface area contributed by atoms with Crippen LogP contribution in [-0.2, 0) is 0 Å². The van der Waals surface area contributed by atoms with Crippen molar-refractivity contribution in [2.75, 3.05) is 6.54 Å². The first-order valence-corrected chi connectivity index (χ1v) is 8.13. The Labute approximate surface area is 127 Å². The van der Waals surface area contributed by atoms with E-state index in [0.717, 1.165) is 24.4 Å². The number of benzene rings is 1. The average molecular weight is 302 g/mol. The van der Waals surface area contributed by atoms with Gasteiger partial charge in [-0.15, -0.1) is 0 Å². The third-order valence-electron chi connectivity index (χ3n) is 3.33. The van der Waals surface area contributed by atoms with Crippen molar-refractivity contribution < 1.29 is 0 Å². The molecule has 1 aromatic rings. The Kier molecular flexibility index (Phi) is 8.52. The third-order valence-corrected chi connectivity index (χ3v) is 3.89. The van der Waals surface area contributed by atoms with Gasteiger partial charge in [-0.05, 0) is 37.1 Å². The van der Waals surface area contributed by atoms with Gasteiger partial charge >= 0.3 is 0 Å². The van der Waals surface area contributed by atoms with Crippen LogP contribution in [0.3, 0.4) is 0 Å². The summed E-state index contributed by atoms with van der Waals surface area (Å²) in [7, 11) is 0. The minimum atomic E-state index is 0.349. The van der Waals surface area contributed by atoms with Gasteiger partial charge in [-0.2, -0.15) is 0 Å². The van der Waals surface area contributed by atoms with E-state index in [1.165, 1.54) is 31.2 Å². The molecule has 0 aromatic heterocycles. The van der Waals surface area contributed by atoms with Crippen LogP contribution in [-0.4, -0.2) is 6.54 Å². The highest BCUT2D eigenvalue weighted by Gasteiger charge is 2.13. The summed E-state index contributed by atoms with van der Waals surface area (Å²) in [6.45, 7) is 5.45. The molecule has 1 unspecified atom stereocenters. The quantitative estimate of drug-likeness (QED) is 0.551. The molecule has 0 aliphatic heterocycles. The predicted octanol–water partition coefficient (Wildman–Crippen LogP) is 6.00. The van der Waals surface area contributed by atoms with E-state index in [2.05, 4.69) is 25.2 Å². The number of halogens is 2. The number of unbranched alkanes of at least 4 members (excludes halogenated alkanes) is 3. The molecule has 0 fully saturated rings. The van der Waals surface area contributed by atoms with Gasteiger partial charge in [0.2, 0.25) is 0 Å². The lowest BCUT2D eigenvalue weighted by Crippen LogP contribution is -2.22. The molecule has 0 spiro atoms. The Morgan fingerprint density at radius 1 is 1.05 bits per heavy atom. The topological polar surface area (TPSA) is 12.0 Å². The molecular weight excluding hydrogens is 277 g/mol. The van der Waals surface area contributed by atoms with Gasteiger partial charge in [-0.1, -0.05) is 68.8 Å². The summed E-state index contributed by atoms with van der Waals surface area (Å²) in [6.07, 6.45) is 7.40. The summed E-state index contributed by atoms with van der Waals surface area (Å²) >= 11 is 12.3. The van der Waals surface area contributed by atoms with Gasteiger partial charge in [0.05, 0.1) is 0 Å². The molecule has 1 rings (SSSR count). The highest BCUT2D eigenvalue weighted by atomic mass is 35.5. The molecule has 0 aliphatic carbocycles. The van der Waals surface area contributed by atoms with Crippen LogP contribution >= 0.6 is 23.2 Å². The Morgan fingerprint density at radius 3 is 2.47 bits per heavy atom. The Morgan fingerprint density at radius 2 is 1.84 bits per heavy atom. The van der Waals surface area contributed by atoms with E-state index in [1.807, 2.05) is 12.1 Å². The molecule has 108 valence electrons. The molecule has 1 aromatic carbocycles. The Bertz CT molecular complexity index is 366. The van der Waals surface area contributed by atoms with E-state index in [-0.39, 0.29) is 0 Å². The van der Waals surface area contributed by atoms with Crippen LogP contribution in [0.15, 0.2) is 18.2 Å². The normalized spacial score (nSPS) is 12.6. The second-order valence-electron chi connectivity index (χ2n) is 5.02. The molecule has 0 bridgehead atoms. The van der Waals surface area contributed by atoms with Crippen LogP contribution in [0, 0.1) is 0 Å². The number of hydrogen-bond acceptors (Lipinski definition) is 1. The van der Waals surface area contributed by atoms with Gasteiger partial charge in [-0.3, -0.25) is 0 Å². The Hall–Kier alpha value is -0.240. The van der Waals surface area contributed by atoms with Gasteiger partial charge in [-0.25, -0.2) is 0 Å². The first kappa shape index (κ1) is 16.8. The van der Waals surface area contributed by atoms with Crippen LogP contribution in [0.2, 0.25) is 10.0 Å². The van der Waals surface area contributed by atoms with Crippen molar-refractivity contribution in [3.63, 3.8) is 0 Å². The molecule has 0 aliphatic rings. The Balaban J connectivity index is 2.66. The molecule has 0 radical (unpaired) electrons. The fourth-order valence-electron chi connectivity index (χ4n) is 2.25. The van der Waals surface area contributed by atoms with E-state index in [0.29, 0.717) is 11.1 Å². The van der Waals surface area contributed by atoms with E-state index >= 15 is 0 Å². The van der Waals surface area contributed by atoms with Crippen molar-refractivity contribution >= 4 is 23.2 Å². The summed E-state index contributed by atoms with van der Waals surface area (Å²) in [5.74, 6) is 0. The largest absolute Gasteiger partial charge is 0.310 e. The first-order chi connectivity index (χ1) is 9.19. The first-order valence-electron chi connectivity index (χ1n) is 7.37. The van der Waals surface area contributed by atoms with Crippen molar-refractivity contribution in [2.45, 2.75) is 58.4 Å². The molecule has 19 heavy (non-hydrogen) atoms. The molecule has 0 heterocycles. The van der Waals surface area contributed by atoms with Crippen molar-refractivity contribution in [3.8, 4) is 0 Å². The number of hydrogen-bond donors (Lipinski definition) is 1. The summed E-state index contributed by atoms with van der Waals surface area (Å²) in [5, 5.41) is 5.07. The second-order valence-corrected chi connectivity index (χ2v) is 5.87. The molecule has 0 saturated heterocycles. The predicted molar refractivity (Wildman–Crippen MR) is 86.3 cm³/mol. The molecule has 0 saturated carbocycles. The molecule has 0 amide bonds. The van der Waals surface area contributed by atoms with Gasteiger partial charge < -0.3 is 5.32 Å². The van der Waals surface area contributed by atoms with Crippen LogP contribution in [0.25, 0.3) is 0 Å².